The molecular weight excluding hydrogens is 337 g/mol. The number of aryl methyl sites for hydroxylation is 1. The van der Waals surface area contributed by atoms with Crippen LogP contribution in [0, 0.1) is 11.3 Å². The lowest BCUT2D eigenvalue weighted by Crippen LogP contribution is -2.24. The third kappa shape index (κ3) is 3.31. The minimum absolute atomic E-state index is 0.0567. The van der Waals surface area contributed by atoms with Gasteiger partial charge in [-0.1, -0.05) is 5.16 Å². The third-order valence-corrected chi connectivity index (χ3v) is 4.79. The fourth-order valence-electron chi connectivity index (χ4n) is 2.12. The highest BCUT2D eigenvalue weighted by molar-refractivity contribution is 8.05. The minimum atomic E-state index is -4.87. The molecule has 1 aliphatic rings. The third-order valence-electron chi connectivity index (χ3n) is 3.18. The molecule has 2 heterocycles. The number of rotatable bonds is 2. The molecule has 11 heteroatoms. The molecule has 0 spiro atoms. The highest BCUT2D eigenvalue weighted by Crippen LogP contribution is 2.34. The maximum Gasteiger partial charge on any atom is 0.435 e. The van der Waals surface area contributed by atoms with Crippen LogP contribution >= 0.6 is 0 Å². The van der Waals surface area contributed by atoms with Crippen molar-refractivity contribution in [2.75, 3.05) is 0 Å². The van der Waals surface area contributed by atoms with Crippen molar-refractivity contribution in [2.45, 2.75) is 37.8 Å². The molecule has 1 aliphatic heterocycles. The lowest BCUT2D eigenvalue weighted by molar-refractivity contribution is -0.141. The predicted molar refractivity (Wildman–Crippen MR) is 72.8 cm³/mol. The Bertz CT molecular complexity index is 816. The zero-order valence-electron chi connectivity index (χ0n) is 12.5. The predicted octanol–water partition coefficient (Wildman–Crippen LogP) is 1.74. The lowest BCUT2D eigenvalue weighted by atomic mass is 10.1. The van der Waals surface area contributed by atoms with Gasteiger partial charge in [0, 0.05) is 19.0 Å². The van der Waals surface area contributed by atoms with Crippen molar-refractivity contribution in [3.63, 3.8) is 0 Å². The van der Waals surface area contributed by atoms with Crippen molar-refractivity contribution in [1.29, 1.82) is 5.26 Å². The van der Waals surface area contributed by atoms with Crippen LogP contribution in [0.25, 0.3) is 0 Å². The maximum absolute atomic E-state index is 13.0. The Morgan fingerprint density at radius 3 is 2.48 bits per heavy atom. The summed E-state index contributed by atoms with van der Waals surface area (Å²) in [4.78, 5) is 4.94. The van der Waals surface area contributed by atoms with Gasteiger partial charge in [-0.05, 0) is 13.8 Å². The summed E-state index contributed by atoms with van der Waals surface area (Å²) in [6.07, 6.45) is -4.93. The number of hydrogen-bond donors (Lipinski definition) is 0. The number of sulfone groups is 1. The molecule has 0 atom stereocenters. The van der Waals surface area contributed by atoms with Crippen LogP contribution in [0.4, 0.5) is 13.2 Å². The van der Waals surface area contributed by atoms with Crippen molar-refractivity contribution < 1.29 is 26.4 Å². The van der Waals surface area contributed by atoms with Crippen LogP contribution in [-0.2, 0) is 33.7 Å². The first-order valence-corrected chi connectivity index (χ1v) is 8.03. The summed E-state index contributed by atoms with van der Waals surface area (Å²) in [5.74, 6) is -1.02. The molecule has 0 amide bonds. The molecule has 0 bridgehead atoms. The summed E-state index contributed by atoms with van der Waals surface area (Å²) in [7, 11) is -3.02. The molecule has 0 fully saturated rings. The van der Waals surface area contributed by atoms with Gasteiger partial charge in [-0.2, -0.15) is 23.5 Å². The zero-order chi connectivity index (χ0) is 17.6. The molecule has 126 valence electrons. The van der Waals surface area contributed by atoms with Crippen LogP contribution in [0.1, 0.15) is 37.2 Å². The summed E-state index contributed by atoms with van der Waals surface area (Å²) in [5.41, 5.74) is -3.38. The van der Waals surface area contributed by atoms with Crippen molar-refractivity contribution in [1.82, 2.24) is 9.78 Å². The van der Waals surface area contributed by atoms with Crippen molar-refractivity contribution >= 4 is 14.9 Å². The Hall–Kier alpha value is -2.09. The van der Waals surface area contributed by atoms with Crippen LogP contribution in [0.5, 0.6) is 0 Å². The van der Waals surface area contributed by atoms with Crippen LogP contribution in [0.15, 0.2) is 5.16 Å². The van der Waals surface area contributed by atoms with Gasteiger partial charge in [0.15, 0.2) is 20.6 Å². The number of nitriles is 1. The topological polar surface area (TPSA) is 97.3 Å². The smallest absolute Gasteiger partial charge is 0.389 e. The number of nitrogens with zero attached hydrogens (tertiary/aromatic N) is 4. The Kier molecular flexibility index (Phi) is 3.92. The van der Waals surface area contributed by atoms with Gasteiger partial charge in [0.05, 0.1) is 5.75 Å². The second-order valence-electron chi connectivity index (χ2n) is 5.68. The Balaban J connectivity index is 2.47. The first kappa shape index (κ1) is 17.3. The molecule has 0 saturated carbocycles. The number of oxime groups is 1. The van der Waals surface area contributed by atoms with Crippen LogP contribution < -0.4 is 0 Å². The van der Waals surface area contributed by atoms with E-state index in [1.165, 1.54) is 0 Å². The average Bonchev–Trinajstić information content (AvgIpc) is 2.89. The van der Waals surface area contributed by atoms with E-state index in [4.69, 9.17) is 10.1 Å². The first-order valence-electron chi connectivity index (χ1n) is 6.38. The summed E-state index contributed by atoms with van der Waals surface area (Å²) in [5, 5.41) is 15.3. The molecule has 2 rings (SSSR count). The number of halogens is 3. The Labute approximate surface area is 130 Å². The molecule has 0 unspecified atom stereocenters. The lowest BCUT2D eigenvalue weighted by Gasteiger charge is -2.13. The molecule has 1 aromatic heterocycles. The summed E-state index contributed by atoms with van der Waals surface area (Å²) < 4.78 is 64.4. The Morgan fingerprint density at radius 2 is 2.04 bits per heavy atom. The fraction of sp³-hybridized carbons (Fsp3) is 0.583. The van der Waals surface area contributed by atoms with E-state index in [1.807, 2.05) is 0 Å². The summed E-state index contributed by atoms with van der Waals surface area (Å²) in [6.45, 7) is 3.20. The van der Waals surface area contributed by atoms with Gasteiger partial charge in [0.1, 0.15) is 17.4 Å². The maximum atomic E-state index is 13.0. The Morgan fingerprint density at radius 1 is 1.43 bits per heavy atom. The van der Waals surface area contributed by atoms with E-state index in [1.54, 1.807) is 19.9 Å². The van der Waals surface area contributed by atoms with Gasteiger partial charge in [0.2, 0.25) is 0 Å². The molecule has 0 aliphatic carbocycles. The van der Waals surface area contributed by atoms with E-state index in [-0.39, 0.29) is 11.5 Å². The van der Waals surface area contributed by atoms with E-state index in [2.05, 4.69) is 10.3 Å². The van der Waals surface area contributed by atoms with E-state index in [0.29, 0.717) is 4.68 Å². The van der Waals surface area contributed by atoms with E-state index in [9.17, 15) is 21.6 Å². The molecule has 0 radical (unpaired) electrons. The van der Waals surface area contributed by atoms with Gasteiger partial charge in [0.25, 0.3) is 0 Å². The van der Waals surface area contributed by atoms with Crippen molar-refractivity contribution in [3.8, 4) is 6.07 Å². The zero-order valence-corrected chi connectivity index (χ0v) is 13.3. The van der Waals surface area contributed by atoms with E-state index < -0.39 is 44.3 Å². The highest BCUT2D eigenvalue weighted by Gasteiger charge is 2.42. The molecular formula is C12H13F3N4O3S. The summed E-state index contributed by atoms with van der Waals surface area (Å²) >= 11 is 0. The van der Waals surface area contributed by atoms with Crippen molar-refractivity contribution in [2.24, 2.45) is 12.2 Å². The van der Waals surface area contributed by atoms with E-state index >= 15 is 0 Å². The molecule has 0 saturated heterocycles. The van der Waals surface area contributed by atoms with Crippen LogP contribution in [0.3, 0.4) is 0 Å². The molecule has 0 N–H and O–H groups in total. The van der Waals surface area contributed by atoms with Gasteiger partial charge >= 0.3 is 6.18 Å². The second kappa shape index (κ2) is 5.23. The first-order chi connectivity index (χ1) is 10.4. The molecule has 23 heavy (non-hydrogen) atoms. The average molecular weight is 350 g/mol. The highest BCUT2D eigenvalue weighted by atomic mass is 32.2. The standard InChI is InChI=1S/C12H13F3N4O3S/c1-11(2)4-9(18-22-11)23(20,21)6-7-8(5-16)19(3)17-10(7)12(13,14)15/h4,6H2,1-3H3. The number of hydrogen-bond acceptors (Lipinski definition) is 6. The van der Waals surface area contributed by atoms with Gasteiger partial charge in [-0.15, -0.1) is 0 Å². The molecule has 1 aromatic rings. The van der Waals surface area contributed by atoms with E-state index in [0.717, 1.165) is 7.05 Å². The SMILES string of the molecule is Cn1nc(C(F)(F)F)c(CS(=O)(=O)C2=NOC(C)(C)C2)c1C#N. The molecule has 7 nitrogen and oxygen atoms in total. The van der Waals surface area contributed by atoms with Gasteiger partial charge < -0.3 is 4.84 Å². The quantitative estimate of drug-likeness (QED) is 0.809. The van der Waals surface area contributed by atoms with Crippen molar-refractivity contribution in [3.05, 3.63) is 17.0 Å². The number of aromatic nitrogens is 2. The van der Waals surface area contributed by atoms with Crippen LogP contribution in [-0.4, -0.2) is 28.8 Å². The monoisotopic (exact) mass is 350 g/mol. The fourth-order valence-corrected chi connectivity index (χ4v) is 3.65. The number of alkyl halides is 3. The summed E-state index contributed by atoms with van der Waals surface area (Å²) in [6, 6.07) is 1.55. The largest absolute Gasteiger partial charge is 0.435 e. The minimum Gasteiger partial charge on any atom is -0.389 e. The van der Waals surface area contributed by atoms with Crippen LogP contribution in [0.2, 0.25) is 0 Å². The molecule has 0 aromatic carbocycles. The van der Waals surface area contributed by atoms with Gasteiger partial charge in [-0.3, -0.25) is 4.68 Å². The second-order valence-corrected chi connectivity index (χ2v) is 7.67. The van der Waals surface area contributed by atoms with Gasteiger partial charge in [-0.25, -0.2) is 8.42 Å². The normalized spacial score (nSPS) is 17.5.